The van der Waals surface area contributed by atoms with Crippen molar-refractivity contribution >= 4 is 0 Å². The molecular formula is C15H25NO2. The number of ether oxygens (including phenoxy) is 1. The fourth-order valence-electron chi connectivity index (χ4n) is 2.02. The third-order valence-corrected chi connectivity index (χ3v) is 3.16. The summed E-state index contributed by atoms with van der Waals surface area (Å²) in [7, 11) is 1.68. The molecule has 18 heavy (non-hydrogen) atoms. The molecule has 2 unspecified atom stereocenters. The molecule has 0 aliphatic rings. The number of hydrogen-bond donors (Lipinski definition) is 2. The lowest BCUT2D eigenvalue weighted by molar-refractivity contribution is 0.263. The first-order chi connectivity index (χ1) is 8.65. The number of aliphatic hydroxyl groups is 1. The third-order valence-electron chi connectivity index (χ3n) is 3.16. The minimum atomic E-state index is 0.249. The molecule has 0 aliphatic heterocycles. The lowest BCUT2D eigenvalue weighted by Crippen LogP contribution is -2.35. The van der Waals surface area contributed by atoms with Gasteiger partial charge >= 0.3 is 0 Å². The van der Waals surface area contributed by atoms with Gasteiger partial charge in [-0.1, -0.05) is 12.1 Å². The van der Waals surface area contributed by atoms with Crippen LogP contribution in [-0.4, -0.2) is 30.9 Å². The van der Waals surface area contributed by atoms with Crippen molar-refractivity contribution in [2.45, 2.75) is 45.2 Å². The van der Waals surface area contributed by atoms with Crippen LogP contribution >= 0.6 is 0 Å². The zero-order chi connectivity index (χ0) is 13.4. The number of rotatable bonds is 8. The first-order valence-corrected chi connectivity index (χ1v) is 6.65. The molecule has 2 atom stereocenters. The van der Waals surface area contributed by atoms with Gasteiger partial charge in [-0.25, -0.2) is 0 Å². The molecule has 0 radical (unpaired) electrons. The Morgan fingerprint density at radius 2 is 1.72 bits per heavy atom. The molecule has 1 aromatic rings. The molecule has 0 bridgehead atoms. The van der Waals surface area contributed by atoms with Crippen LogP contribution in [-0.2, 0) is 6.42 Å². The average Bonchev–Trinajstić information content (AvgIpc) is 2.37. The van der Waals surface area contributed by atoms with E-state index in [2.05, 4.69) is 31.3 Å². The normalized spacial score (nSPS) is 14.2. The highest BCUT2D eigenvalue weighted by molar-refractivity contribution is 5.27. The Morgan fingerprint density at radius 1 is 1.11 bits per heavy atom. The van der Waals surface area contributed by atoms with E-state index in [4.69, 9.17) is 9.84 Å². The van der Waals surface area contributed by atoms with Crippen LogP contribution < -0.4 is 10.1 Å². The van der Waals surface area contributed by atoms with Gasteiger partial charge in [0.25, 0.3) is 0 Å². The van der Waals surface area contributed by atoms with Crippen molar-refractivity contribution in [3.63, 3.8) is 0 Å². The van der Waals surface area contributed by atoms with E-state index >= 15 is 0 Å². The molecule has 1 aromatic carbocycles. The highest BCUT2D eigenvalue weighted by atomic mass is 16.5. The van der Waals surface area contributed by atoms with Gasteiger partial charge in [0, 0.05) is 18.7 Å². The number of hydrogen-bond acceptors (Lipinski definition) is 3. The van der Waals surface area contributed by atoms with Crippen molar-refractivity contribution in [3.05, 3.63) is 29.8 Å². The number of benzene rings is 1. The van der Waals surface area contributed by atoms with Crippen LogP contribution in [0.1, 0.15) is 32.3 Å². The van der Waals surface area contributed by atoms with Gasteiger partial charge in [-0.3, -0.25) is 0 Å². The van der Waals surface area contributed by atoms with E-state index in [0.29, 0.717) is 12.1 Å². The van der Waals surface area contributed by atoms with Crippen LogP contribution in [0.3, 0.4) is 0 Å². The Balaban J connectivity index is 2.30. The van der Waals surface area contributed by atoms with E-state index in [-0.39, 0.29) is 6.61 Å². The van der Waals surface area contributed by atoms with Crippen molar-refractivity contribution < 1.29 is 9.84 Å². The largest absolute Gasteiger partial charge is 0.497 e. The van der Waals surface area contributed by atoms with Crippen LogP contribution in [0.4, 0.5) is 0 Å². The summed E-state index contributed by atoms with van der Waals surface area (Å²) in [6, 6.07) is 9.07. The monoisotopic (exact) mass is 251 g/mol. The molecule has 0 saturated carbocycles. The zero-order valence-corrected chi connectivity index (χ0v) is 11.6. The smallest absolute Gasteiger partial charge is 0.118 e. The summed E-state index contributed by atoms with van der Waals surface area (Å²) in [5.41, 5.74) is 1.33. The highest BCUT2D eigenvalue weighted by Crippen LogP contribution is 2.13. The Bertz CT molecular complexity index is 324. The second kappa shape index (κ2) is 8.11. The summed E-state index contributed by atoms with van der Waals surface area (Å²) < 4.78 is 5.14. The Labute approximate surface area is 110 Å². The molecule has 3 nitrogen and oxygen atoms in total. The van der Waals surface area contributed by atoms with Crippen molar-refractivity contribution in [2.75, 3.05) is 13.7 Å². The Kier molecular flexibility index (Phi) is 6.76. The maximum absolute atomic E-state index is 8.85. The maximum atomic E-state index is 8.85. The number of aryl methyl sites for hydroxylation is 1. The van der Waals surface area contributed by atoms with Gasteiger partial charge in [0.2, 0.25) is 0 Å². The minimum Gasteiger partial charge on any atom is -0.497 e. The third kappa shape index (κ3) is 5.52. The quantitative estimate of drug-likeness (QED) is 0.745. The maximum Gasteiger partial charge on any atom is 0.118 e. The van der Waals surface area contributed by atoms with Crippen LogP contribution in [0.15, 0.2) is 24.3 Å². The van der Waals surface area contributed by atoms with Crippen LogP contribution in [0.2, 0.25) is 0 Å². The number of nitrogens with one attached hydrogen (secondary N) is 1. The van der Waals surface area contributed by atoms with Crippen LogP contribution in [0.25, 0.3) is 0 Å². The lowest BCUT2D eigenvalue weighted by atomic mass is 10.1. The summed E-state index contributed by atoms with van der Waals surface area (Å²) in [5.74, 6) is 0.904. The van der Waals surface area contributed by atoms with Crippen LogP contribution in [0, 0.1) is 0 Å². The topological polar surface area (TPSA) is 41.5 Å². The SMILES string of the molecule is COc1ccc(CCC(C)NC(C)CCO)cc1. The number of aliphatic hydroxyl groups excluding tert-OH is 1. The van der Waals surface area contributed by atoms with E-state index in [0.717, 1.165) is 25.0 Å². The van der Waals surface area contributed by atoms with Gasteiger partial charge in [-0.05, 0) is 50.8 Å². The summed E-state index contributed by atoms with van der Waals surface area (Å²) in [4.78, 5) is 0. The van der Waals surface area contributed by atoms with Gasteiger partial charge in [0.1, 0.15) is 5.75 Å². The second-order valence-corrected chi connectivity index (χ2v) is 4.87. The molecule has 0 saturated heterocycles. The Morgan fingerprint density at radius 3 is 2.28 bits per heavy atom. The molecule has 0 spiro atoms. The molecule has 0 fully saturated rings. The average molecular weight is 251 g/mol. The van der Waals surface area contributed by atoms with Crippen molar-refractivity contribution in [1.29, 1.82) is 0 Å². The summed E-state index contributed by atoms with van der Waals surface area (Å²) >= 11 is 0. The zero-order valence-electron chi connectivity index (χ0n) is 11.6. The molecule has 1 rings (SSSR count). The predicted molar refractivity (Wildman–Crippen MR) is 75.1 cm³/mol. The minimum absolute atomic E-state index is 0.249. The predicted octanol–water partition coefficient (Wildman–Crippen LogP) is 2.38. The molecule has 102 valence electrons. The van der Waals surface area contributed by atoms with Crippen molar-refractivity contribution in [1.82, 2.24) is 5.32 Å². The lowest BCUT2D eigenvalue weighted by Gasteiger charge is -2.19. The fraction of sp³-hybridized carbons (Fsp3) is 0.600. The van der Waals surface area contributed by atoms with E-state index < -0.39 is 0 Å². The van der Waals surface area contributed by atoms with Gasteiger partial charge < -0.3 is 15.2 Å². The summed E-state index contributed by atoms with van der Waals surface area (Å²) in [6.45, 7) is 4.55. The first kappa shape index (κ1) is 15.0. The first-order valence-electron chi connectivity index (χ1n) is 6.65. The van der Waals surface area contributed by atoms with Gasteiger partial charge in [0.15, 0.2) is 0 Å². The standard InChI is InChI=1S/C15H25NO2/c1-12(16-13(2)10-11-17)4-5-14-6-8-15(18-3)9-7-14/h6-9,12-13,16-17H,4-5,10-11H2,1-3H3. The molecule has 0 aromatic heterocycles. The van der Waals surface area contributed by atoms with Gasteiger partial charge in [-0.15, -0.1) is 0 Å². The van der Waals surface area contributed by atoms with E-state index in [9.17, 15) is 0 Å². The van der Waals surface area contributed by atoms with Crippen molar-refractivity contribution in [2.24, 2.45) is 0 Å². The van der Waals surface area contributed by atoms with Gasteiger partial charge in [-0.2, -0.15) is 0 Å². The Hall–Kier alpha value is -1.06. The molecule has 2 N–H and O–H groups in total. The molecule has 0 aliphatic carbocycles. The van der Waals surface area contributed by atoms with Crippen molar-refractivity contribution in [3.8, 4) is 5.75 Å². The molecule has 0 amide bonds. The molecular weight excluding hydrogens is 226 g/mol. The van der Waals surface area contributed by atoms with E-state index in [1.807, 2.05) is 12.1 Å². The van der Waals surface area contributed by atoms with Gasteiger partial charge in [0.05, 0.1) is 7.11 Å². The van der Waals surface area contributed by atoms with E-state index in [1.54, 1.807) is 7.11 Å². The molecule has 0 heterocycles. The summed E-state index contributed by atoms with van der Waals surface area (Å²) in [5, 5.41) is 12.3. The summed E-state index contributed by atoms with van der Waals surface area (Å²) in [6.07, 6.45) is 2.97. The van der Waals surface area contributed by atoms with Crippen LogP contribution in [0.5, 0.6) is 5.75 Å². The molecule has 3 heteroatoms. The second-order valence-electron chi connectivity index (χ2n) is 4.87. The fourth-order valence-corrected chi connectivity index (χ4v) is 2.02. The highest BCUT2D eigenvalue weighted by Gasteiger charge is 2.07. The number of methoxy groups -OCH3 is 1. The van der Waals surface area contributed by atoms with E-state index in [1.165, 1.54) is 5.56 Å².